The molecule has 2 aromatic heterocycles. The van der Waals surface area contributed by atoms with E-state index >= 15 is 0 Å². The summed E-state index contributed by atoms with van der Waals surface area (Å²) in [6.45, 7) is 0.515. The lowest BCUT2D eigenvalue weighted by atomic mass is 10.1. The summed E-state index contributed by atoms with van der Waals surface area (Å²) in [5, 5.41) is 19.0. The van der Waals surface area contributed by atoms with E-state index in [1.165, 1.54) is 6.07 Å². The van der Waals surface area contributed by atoms with Crippen LogP contribution >= 0.6 is 0 Å². The Bertz CT molecular complexity index is 978. The van der Waals surface area contributed by atoms with E-state index in [2.05, 4.69) is 25.7 Å². The molecule has 0 radical (unpaired) electrons. The molecule has 0 saturated heterocycles. The molecule has 0 aliphatic heterocycles. The number of rotatable bonds is 5. The van der Waals surface area contributed by atoms with Crippen LogP contribution in [0.2, 0.25) is 0 Å². The summed E-state index contributed by atoms with van der Waals surface area (Å²) in [7, 11) is 0. The monoisotopic (exact) mass is 323 g/mol. The van der Waals surface area contributed by atoms with Gasteiger partial charge in [-0.15, -0.1) is 5.10 Å². The molecule has 0 aliphatic rings. The average molecular weight is 323 g/mol. The fraction of sp³-hybridized carbons (Fsp3) is 0.118. The summed E-state index contributed by atoms with van der Waals surface area (Å²) >= 11 is 0. The fourth-order valence-corrected chi connectivity index (χ4v) is 2.55. The molecule has 2 N–H and O–H groups in total. The molecule has 0 amide bonds. The molecular weight excluding hydrogens is 309 g/mol. The summed E-state index contributed by atoms with van der Waals surface area (Å²) < 4.78 is 19.2. The Morgan fingerprint density at radius 1 is 1.04 bits per heavy atom. The van der Waals surface area contributed by atoms with Crippen molar-refractivity contribution in [2.45, 2.75) is 13.0 Å². The molecule has 120 valence electrons. The third kappa shape index (κ3) is 2.83. The van der Waals surface area contributed by atoms with E-state index in [4.69, 9.17) is 4.42 Å². The van der Waals surface area contributed by atoms with Crippen LogP contribution in [0.15, 0.2) is 53.1 Å². The minimum absolute atomic E-state index is 0.261. The van der Waals surface area contributed by atoms with Crippen molar-refractivity contribution in [2.75, 3.05) is 5.32 Å². The van der Waals surface area contributed by atoms with E-state index in [1.807, 2.05) is 18.2 Å². The Kier molecular flexibility index (Phi) is 3.66. The predicted molar refractivity (Wildman–Crippen MR) is 86.9 cm³/mol. The van der Waals surface area contributed by atoms with E-state index in [-0.39, 0.29) is 12.2 Å². The highest BCUT2D eigenvalue weighted by molar-refractivity contribution is 5.81. The van der Waals surface area contributed by atoms with E-state index in [0.717, 1.165) is 16.5 Å². The second-order valence-corrected chi connectivity index (χ2v) is 5.37. The van der Waals surface area contributed by atoms with Gasteiger partial charge in [0.2, 0.25) is 5.89 Å². The Morgan fingerprint density at radius 3 is 2.83 bits per heavy atom. The highest BCUT2D eigenvalue weighted by Crippen LogP contribution is 2.18. The number of fused-ring (bicyclic) bond motifs is 1. The molecule has 0 spiro atoms. The first kappa shape index (κ1) is 14.4. The van der Waals surface area contributed by atoms with Crippen molar-refractivity contribution in [2.24, 2.45) is 0 Å². The molecule has 4 rings (SSSR count). The number of benzene rings is 2. The van der Waals surface area contributed by atoms with Crippen LogP contribution in [0.3, 0.4) is 0 Å². The van der Waals surface area contributed by atoms with Gasteiger partial charge in [-0.05, 0) is 17.2 Å². The summed E-state index contributed by atoms with van der Waals surface area (Å²) in [5.74, 6) is 0.0819. The molecule has 2 heterocycles. The van der Waals surface area contributed by atoms with Gasteiger partial charge in [0.15, 0.2) is 0 Å². The number of para-hydroxylation sites is 1. The van der Waals surface area contributed by atoms with Crippen molar-refractivity contribution < 1.29 is 8.81 Å². The maximum atomic E-state index is 13.7. The molecule has 0 unspecified atom stereocenters. The number of H-pyrrole nitrogens is 1. The number of nitrogens with zero attached hydrogens (tertiary/aromatic N) is 3. The number of nitrogens with one attached hydrogen (secondary N) is 2. The van der Waals surface area contributed by atoms with E-state index < -0.39 is 0 Å². The minimum atomic E-state index is -0.281. The number of aromatic amines is 1. The van der Waals surface area contributed by atoms with E-state index in [0.29, 0.717) is 24.0 Å². The second kappa shape index (κ2) is 6.11. The van der Waals surface area contributed by atoms with Crippen molar-refractivity contribution in [1.29, 1.82) is 0 Å². The van der Waals surface area contributed by atoms with Crippen LogP contribution in [-0.4, -0.2) is 20.4 Å². The van der Waals surface area contributed by atoms with Gasteiger partial charge in [-0.3, -0.25) is 5.10 Å². The first-order chi connectivity index (χ1) is 11.8. The number of aromatic nitrogens is 4. The lowest BCUT2D eigenvalue weighted by Gasteiger charge is -2.03. The van der Waals surface area contributed by atoms with Gasteiger partial charge in [0.1, 0.15) is 5.82 Å². The molecule has 24 heavy (non-hydrogen) atoms. The largest absolute Gasteiger partial charge is 0.408 e. The highest BCUT2D eigenvalue weighted by atomic mass is 19.1. The Hall–Kier alpha value is -3.22. The quantitative estimate of drug-likeness (QED) is 0.589. The zero-order valence-corrected chi connectivity index (χ0v) is 12.7. The standard InChI is InChI=1S/C17H14FN5O/c18-14-7-2-1-4-11(14)8-15-21-23-17(24-15)19-9-12-5-3-6-13-10-20-22-16(12)13/h1-7,10H,8-9H2,(H,19,23)(H,20,22). The Morgan fingerprint density at radius 2 is 1.92 bits per heavy atom. The zero-order valence-electron chi connectivity index (χ0n) is 12.7. The zero-order chi connectivity index (χ0) is 16.4. The number of hydrogen-bond acceptors (Lipinski definition) is 5. The first-order valence-corrected chi connectivity index (χ1v) is 7.50. The predicted octanol–water partition coefficient (Wildman–Crippen LogP) is 3.29. The third-order valence-corrected chi connectivity index (χ3v) is 3.76. The third-order valence-electron chi connectivity index (χ3n) is 3.76. The topological polar surface area (TPSA) is 79.6 Å². The van der Waals surface area contributed by atoms with Gasteiger partial charge in [0.05, 0.1) is 18.1 Å². The van der Waals surface area contributed by atoms with Crippen molar-refractivity contribution in [3.05, 3.63) is 71.5 Å². The summed E-state index contributed by atoms with van der Waals surface area (Å²) in [5.41, 5.74) is 2.53. The SMILES string of the molecule is Fc1ccccc1Cc1nnc(NCc2cccc3cn[nH]c23)o1. The van der Waals surface area contributed by atoms with Crippen LogP contribution in [0.4, 0.5) is 10.4 Å². The van der Waals surface area contributed by atoms with Crippen LogP contribution in [0.1, 0.15) is 17.0 Å². The number of hydrogen-bond donors (Lipinski definition) is 2. The lowest BCUT2D eigenvalue weighted by Crippen LogP contribution is -2.00. The molecule has 0 atom stereocenters. The molecule has 2 aromatic carbocycles. The lowest BCUT2D eigenvalue weighted by molar-refractivity contribution is 0.510. The van der Waals surface area contributed by atoms with Crippen LogP contribution in [0.5, 0.6) is 0 Å². The van der Waals surface area contributed by atoms with Crippen LogP contribution in [0.25, 0.3) is 10.9 Å². The molecular formula is C17H14FN5O. The van der Waals surface area contributed by atoms with Gasteiger partial charge >= 0.3 is 6.01 Å². The molecule has 0 saturated carbocycles. The number of anilines is 1. The van der Waals surface area contributed by atoms with Gasteiger partial charge in [-0.1, -0.05) is 41.5 Å². The van der Waals surface area contributed by atoms with Gasteiger partial charge in [-0.2, -0.15) is 5.10 Å². The van der Waals surface area contributed by atoms with Crippen molar-refractivity contribution >= 4 is 16.9 Å². The first-order valence-electron chi connectivity index (χ1n) is 7.50. The summed E-state index contributed by atoms with van der Waals surface area (Å²) in [4.78, 5) is 0. The van der Waals surface area contributed by atoms with Crippen molar-refractivity contribution in [1.82, 2.24) is 20.4 Å². The Labute approximate surface area is 136 Å². The molecule has 4 aromatic rings. The summed E-state index contributed by atoms with van der Waals surface area (Å²) in [6.07, 6.45) is 2.04. The van der Waals surface area contributed by atoms with Gasteiger partial charge in [0, 0.05) is 11.9 Å². The molecule has 0 fully saturated rings. The van der Waals surface area contributed by atoms with Gasteiger partial charge in [-0.25, -0.2) is 4.39 Å². The van der Waals surface area contributed by atoms with Crippen LogP contribution in [-0.2, 0) is 13.0 Å². The van der Waals surface area contributed by atoms with Crippen molar-refractivity contribution in [3.8, 4) is 0 Å². The normalized spacial score (nSPS) is 11.0. The second-order valence-electron chi connectivity index (χ2n) is 5.37. The van der Waals surface area contributed by atoms with E-state index in [1.54, 1.807) is 24.4 Å². The molecule has 0 bridgehead atoms. The average Bonchev–Trinajstić information content (AvgIpc) is 3.24. The van der Waals surface area contributed by atoms with Crippen molar-refractivity contribution in [3.63, 3.8) is 0 Å². The highest BCUT2D eigenvalue weighted by Gasteiger charge is 2.10. The number of halogens is 1. The Balaban J connectivity index is 1.46. The van der Waals surface area contributed by atoms with Gasteiger partial charge < -0.3 is 9.73 Å². The molecule has 6 nitrogen and oxygen atoms in total. The molecule has 0 aliphatic carbocycles. The van der Waals surface area contributed by atoms with Gasteiger partial charge in [0.25, 0.3) is 0 Å². The van der Waals surface area contributed by atoms with Crippen LogP contribution < -0.4 is 5.32 Å². The van der Waals surface area contributed by atoms with Crippen LogP contribution in [0, 0.1) is 5.82 Å². The van der Waals surface area contributed by atoms with E-state index in [9.17, 15) is 4.39 Å². The fourth-order valence-electron chi connectivity index (χ4n) is 2.55. The summed E-state index contributed by atoms with van der Waals surface area (Å²) in [6, 6.07) is 12.8. The molecule has 7 heteroatoms. The maximum absolute atomic E-state index is 13.7. The maximum Gasteiger partial charge on any atom is 0.315 e. The minimum Gasteiger partial charge on any atom is -0.408 e. The smallest absolute Gasteiger partial charge is 0.315 e.